The van der Waals surface area contributed by atoms with Crippen molar-refractivity contribution in [3.8, 4) is 5.75 Å². The maximum absolute atomic E-state index is 5.59. The fourth-order valence-electron chi connectivity index (χ4n) is 1.56. The molecule has 2 heteroatoms. The molecule has 2 rings (SSSR count). The van der Waals surface area contributed by atoms with E-state index in [1.54, 1.807) is 0 Å². The van der Waals surface area contributed by atoms with E-state index in [0.29, 0.717) is 6.73 Å². The van der Waals surface area contributed by atoms with Crippen molar-refractivity contribution in [2.45, 2.75) is 13.5 Å². The topological polar surface area (TPSA) is 12.5 Å². The number of hydrogen-bond donors (Lipinski definition) is 0. The zero-order valence-corrected chi connectivity index (χ0v) is 7.50. The highest BCUT2D eigenvalue weighted by molar-refractivity contribution is 5.41. The van der Waals surface area contributed by atoms with Crippen LogP contribution in [0.1, 0.15) is 11.1 Å². The van der Waals surface area contributed by atoms with Gasteiger partial charge in [0.2, 0.25) is 0 Å². The van der Waals surface area contributed by atoms with Crippen molar-refractivity contribution >= 4 is 0 Å². The predicted molar refractivity (Wildman–Crippen MR) is 48.1 cm³/mol. The van der Waals surface area contributed by atoms with Gasteiger partial charge < -0.3 is 4.74 Å². The SMILES string of the molecule is Cc1cccc2c1OCN(C)C2. The summed E-state index contributed by atoms with van der Waals surface area (Å²) < 4.78 is 5.59. The number of hydrogen-bond acceptors (Lipinski definition) is 2. The molecule has 0 saturated heterocycles. The molecule has 1 heterocycles. The van der Waals surface area contributed by atoms with Gasteiger partial charge in [0.15, 0.2) is 0 Å². The molecule has 0 aliphatic carbocycles. The summed E-state index contributed by atoms with van der Waals surface area (Å²) in [5, 5.41) is 0. The molecule has 0 unspecified atom stereocenters. The lowest BCUT2D eigenvalue weighted by atomic mass is 10.1. The molecule has 0 N–H and O–H groups in total. The smallest absolute Gasteiger partial charge is 0.142 e. The summed E-state index contributed by atoms with van der Waals surface area (Å²) in [6, 6.07) is 6.29. The largest absolute Gasteiger partial charge is 0.478 e. The second-order valence-corrected chi connectivity index (χ2v) is 3.35. The first-order chi connectivity index (χ1) is 5.77. The van der Waals surface area contributed by atoms with E-state index in [9.17, 15) is 0 Å². The maximum atomic E-state index is 5.59. The Balaban J connectivity index is 2.42. The quantitative estimate of drug-likeness (QED) is 0.578. The Morgan fingerprint density at radius 1 is 1.42 bits per heavy atom. The molecule has 1 aromatic rings. The Morgan fingerprint density at radius 3 is 3.08 bits per heavy atom. The average Bonchev–Trinajstić information content (AvgIpc) is 2.04. The second-order valence-electron chi connectivity index (χ2n) is 3.35. The summed E-state index contributed by atoms with van der Waals surface area (Å²) in [6.45, 7) is 3.79. The standard InChI is InChI=1S/C10H13NO/c1-8-4-3-5-9-6-11(2)7-12-10(8)9/h3-5H,6-7H2,1-2H3. The Kier molecular flexibility index (Phi) is 1.77. The maximum Gasteiger partial charge on any atom is 0.142 e. The van der Waals surface area contributed by atoms with Gasteiger partial charge in [-0.1, -0.05) is 18.2 Å². The van der Waals surface area contributed by atoms with Gasteiger partial charge in [0, 0.05) is 12.1 Å². The molecule has 1 aliphatic rings. The first-order valence-electron chi connectivity index (χ1n) is 4.17. The zero-order valence-electron chi connectivity index (χ0n) is 7.50. The van der Waals surface area contributed by atoms with E-state index in [0.717, 1.165) is 12.3 Å². The first-order valence-corrected chi connectivity index (χ1v) is 4.17. The third-order valence-electron chi connectivity index (χ3n) is 2.16. The minimum absolute atomic E-state index is 0.706. The minimum atomic E-state index is 0.706. The molecule has 64 valence electrons. The Labute approximate surface area is 72.8 Å². The van der Waals surface area contributed by atoms with Gasteiger partial charge >= 0.3 is 0 Å². The third kappa shape index (κ3) is 1.18. The molecule has 0 bridgehead atoms. The van der Waals surface area contributed by atoms with E-state index >= 15 is 0 Å². The van der Waals surface area contributed by atoms with Crippen LogP contribution in [-0.4, -0.2) is 18.7 Å². The lowest BCUT2D eigenvalue weighted by molar-refractivity contribution is 0.120. The highest BCUT2D eigenvalue weighted by atomic mass is 16.5. The van der Waals surface area contributed by atoms with Crippen molar-refractivity contribution in [3.05, 3.63) is 29.3 Å². The lowest BCUT2D eigenvalue weighted by Gasteiger charge is -2.26. The number of benzene rings is 1. The fourth-order valence-corrected chi connectivity index (χ4v) is 1.56. The van der Waals surface area contributed by atoms with Crippen molar-refractivity contribution in [3.63, 3.8) is 0 Å². The van der Waals surface area contributed by atoms with E-state index in [1.807, 2.05) is 0 Å². The number of rotatable bonds is 0. The van der Waals surface area contributed by atoms with E-state index < -0.39 is 0 Å². The summed E-state index contributed by atoms with van der Waals surface area (Å²) in [5.41, 5.74) is 2.53. The van der Waals surface area contributed by atoms with Crippen LogP contribution in [0.25, 0.3) is 0 Å². The monoisotopic (exact) mass is 163 g/mol. The van der Waals surface area contributed by atoms with E-state index in [4.69, 9.17) is 4.74 Å². The first kappa shape index (κ1) is 7.62. The molecule has 0 aromatic heterocycles. The molecule has 0 radical (unpaired) electrons. The number of nitrogens with zero attached hydrogens (tertiary/aromatic N) is 1. The molecular formula is C10H13NO. The molecule has 12 heavy (non-hydrogen) atoms. The summed E-state index contributed by atoms with van der Waals surface area (Å²) >= 11 is 0. The number of para-hydroxylation sites is 1. The van der Waals surface area contributed by atoms with Crippen LogP contribution in [0.4, 0.5) is 0 Å². The molecule has 0 fully saturated rings. The van der Waals surface area contributed by atoms with Gasteiger partial charge in [-0.15, -0.1) is 0 Å². The van der Waals surface area contributed by atoms with Crippen molar-refractivity contribution in [2.24, 2.45) is 0 Å². The summed E-state index contributed by atoms with van der Waals surface area (Å²) in [6.07, 6.45) is 0. The zero-order chi connectivity index (χ0) is 8.55. The molecular weight excluding hydrogens is 150 g/mol. The Morgan fingerprint density at radius 2 is 2.25 bits per heavy atom. The lowest BCUT2D eigenvalue weighted by Crippen LogP contribution is -2.28. The number of aryl methyl sites for hydroxylation is 1. The van der Waals surface area contributed by atoms with Gasteiger partial charge in [0.05, 0.1) is 0 Å². The van der Waals surface area contributed by atoms with Crippen LogP contribution in [0.15, 0.2) is 18.2 Å². The van der Waals surface area contributed by atoms with Crippen LogP contribution in [-0.2, 0) is 6.54 Å². The molecule has 0 atom stereocenters. The van der Waals surface area contributed by atoms with Gasteiger partial charge in [-0.05, 0) is 19.5 Å². The van der Waals surface area contributed by atoms with E-state index in [1.165, 1.54) is 11.1 Å². The second kappa shape index (κ2) is 2.79. The van der Waals surface area contributed by atoms with Crippen molar-refractivity contribution in [1.29, 1.82) is 0 Å². The highest BCUT2D eigenvalue weighted by Gasteiger charge is 2.14. The average molecular weight is 163 g/mol. The Bertz CT molecular complexity index is 296. The highest BCUT2D eigenvalue weighted by Crippen LogP contribution is 2.27. The molecule has 1 aliphatic heterocycles. The minimum Gasteiger partial charge on any atom is -0.478 e. The van der Waals surface area contributed by atoms with Crippen LogP contribution in [0.5, 0.6) is 5.75 Å². The molecule has 0 saturated carbocycles. The Hall–Kier alpha value is -1.02. The van der Waals surface area contributed by atoms with Crippen LogP contribution in [0.3, 0.4) is 0 Å². The molecule has 0 amide bonds. The molecule has 1 aromatic carbocycles. The molecule has 0 spiro atoms. The van der Waals surface area contributed by atoms with Gasteiger partial charge in [-0.3, -0.25) is 4.90 Å². The normalized spacial score (nSPS) is 16.8. The van der Waals surface area contributed by atoms with Gasteiger partial charge in [0.1, 0.15) is 12.5 Å². The number of ether oxygens (including phenoxy) is 1. The van der Waals surface area contributed by atoms with E-state index in [-0.39, 0.29) is 0 Å². The van der Waals surface area contributed by atoms with E-state index in [2.05, 4.69) is 37.1 Å². The summed E-state index contributed by atoms with van der Waals surface area (Å²) in [5.74, 6) is 1.08. The van der Waals surface area contributed by atoms with Crippen LogP contribution in [0, 0.1) is 6.92 Å². The van der Waals surface area contributed by atoms with Crippen LogP contribution >= 0.6 is 0 Å². The van der Waals surface area contributed by atoms with Crippen molar-refractivity contribution < 1.29 is 4.74 Å². The van der Waals surface area contributed by atoms with Crippen molar-refractivity contribution in [1.82, 2.24) is 4.90 Å². The van der Waals surface area contributed by atoms with Gasteiger partial charge in [0.25, 0.3) is 0 Å². The van der Waals surface area contributed by atoms with Gasteiger partial charge in [-0.25, -0.2) is 0 Å². The van der Waals surface area contributed by atoms with Crippen LogP contribution in [0.2, 0.25) is 0 Å². The predicted octanol–water partition coefficient (Wildman–Crippen LogP) is 1.78. The van der Waals surface area contributed by atoms with Gasteiger partial charge in [-0.2, -0.15) is 0 Å². The van der Waals surface area contributed by atoms with Crippen LogP contribution < -0.4 is 4.74 Å². The number of fused-ring (bicyclic) bond motifs is 1. The third-order valence-corrected chi connectivity index (χ3v) is 2.16. The van der Waals surface area contributed by atoms with Crippen molar-refractivity contribution in [2.75, 3.05) is 13.8 Å². The summed E-state index contributed by atoms with van der Waals surface area (Å²) in [4.78, 5) is 2.15. The fraction of sp³-hybridized carbons (Fsp3) is 0.400. The molecule has 2 nitrogen and oxygen atoms in total. The summed E-state index contributed by atoms with van der Waals surface area (Å²) in [7, 11) is 2.06.